The van der Waals surface area contributed by atoms with Crippen LogP contribution in [0.1, 0.15) is 37.4 Å². The molecule has 0 aliphatic rings. The van der Waals surface area contributed by atoms with E-state index >= 15 is 0 Å². The zero-order valence-electron chi connectivity index (χ0n) is 12.9. The first-order valence-corrected chi connectivity index (χ1v) is 7.35. The number of halogens is 1. The number of nitrogens with one attached hydrogen (secondary N) is 1. The molecule has 114 valence electrons. The fourth-order valence-corrected chi connectivity index (χ4v) is 2.42. The van der Waals surface area contributed by atoms with Crippen LogP contribution in [0.15, 0.2) is 36.7 Å². The molecular weight excluding hydrogens is 267 g/mol. The van der Waals surface area contributed by atoms with Crippen molar-refractivity contribution in [3.63, 3.8) is 0 Å². The van der Waals surface area contributed by atoms with E-state index in [-0.39, 0.29) is 11.9 Å². The molecule has 2 aromatic rings. The Bertz CT molecular complexity index is 580. The van der Waals surface area contributed by atoms with E-state index in [9.17, 15) is 4.39 Å². The molecule has 0 radical (unpaired) electrons. The zero-order chi connectivity index (χ0) is 15.2. The predicted molar refractivity (Wildman–Crippen MR) is 82.9 cm³/mol. The second-order valence-corrected chi connectivity index (χ2v) is 5.25. The first kappa shape index (κ1) is 15.6. The molecule has 1 aromatic carbocycles. The van der Waals surface area contributed by atoms with E-state index in [1.54, 1.807) is 13.2 Å². The van der Waals surface area contributed by atoms with Crippen LogP contribution in [0.25, 0.3) is 0 Å². The summed E-state index contributed by atoms with van der Waals surface area (Å²) in [5.41, 5.74) is 2.07. The van der Waals surface area contributed by atoms with Gasteiger partial charge in [0.25, 0.3) is 0 Å². The lowest BCUT2D eigenvalue weighted by Crippen LogP contribution is -2.18. The maximum absolute atomic E-state index is 13.4. The van der Waals surface area contributed by atoms with Gasteiger partial charge in [0.1, 0.15) is 11.6 Å². The number of aryl methyl sites for hydroxylation is 1. The van der Waals surface area contributed by atoms with Gasteiger partial charge in [0.2, 0.25) is 0 Å². The molecule has 1 heterocycles. The van der Waals surface area contributed by atoms with Gasteiger partial charge < -0.3 is 14.6 Å². The second-order valence-electron chi connectivity index (χ2n) is 5.25. The molecule has 0 saturated heterocycles. The molecule has 21 heavy (non-hydrogen) atoms. The summed E-state index contributed by atoms with van der Waals surface area (Å²) in [7, 11) is 1.61. The molecule has 0 fully saturated rings. The molecule has 3 nitrogen and oxygen atoms in total. The molecule has 1 atom stereocenters. The molecule has 0 spiro atoms. The Balaban J connectivity index is 2.00. The van der Waals surface area contributed by atoms with Gasteiger partial charge in [-0.1, -0.05) is 6.92 Å². The van der Waals surface area contributed by atoms with Crippen LogP contribution in [-0.2, 0) is 13.1 Å². The minimum absolute atomic E-state index is 0.0187. The van der Waals surface area contributed by atoms with Gasteiger partial charge in [-0.05, 0) is 43.2 Å². The third kappa shape index (κ3) is 4.08. The van der Waals surface area contributed by atoms with E-state index in [0.717, 1.165) is 25.1 Å². The van der Waals surface area contributed by atoms with Gasteiger partial charge in [0, 0.05) is 37.1 Å². The largest absolute Gasteiger partial charge is 0.496 e. The predicted octanol–water partition coefficient (Wildman–Crippen LogP) is 3.90. The van der Waals surface area contributed by atoms with Crippen molar-refractivity contribution in [2.75, 3.05) is 7.11 Å². The molecule has 1 N–H and O–H groups in total. The minimum atomic E-state index is -0.242. The van der Waals surface area contributed by atoms with Crippen LogP contribution >= 0.6 is 0 Å². The van der Waals surface area contributed by atoms with Crippen LogP contribution in [-0.4, -0.2) is 11.7 Å². The van der Waals surface area contributed by atoms with Crippen LogP contribution < -0.4 is 10.1 Å². The summed E-state index contributed by atoms with van der Waals surface area (Å²) in [5.74, 6) is 0.466. The number of nitrogens with zero attached hydrogens (tertiary/aromatic N) is 1. The Labute approximate surface area is 125 Å². The van der Waals surface area contributed by atoms with Crippen LogP contribution in [0, 0.1) is 5.82 Å². The Morgan fingerprint density at radius 2 is 2.14 bits per heavy atom. The number of hydrogen-bond donors (Lipinski definition) is 1. The van der Waals surface area contributed by atoms with E-state index in [1.165, 1.54) is 17.7 Å². The third-order valence-corrected chi connectivity index (χ3v) is 3.56. The van der Waals surface area contributed by atoms with E-state index < -0.39 is 0 Å². The number of methoxy groups -OCH3 is 1. The first-order chi connectivity index (χ1) is 10.1. The average molecular weight is 290 g/mol. The molecule has 0 saturated carbocycles. The first-order valence-electron chi connectivity index (χ1n) is 7.35. The van der Waals surface area contributed by atoms with Crippen molar-refractivity contribution in [3.05, 3.63) is 53.6 Å². The highest BCUT2D eigenvalue weighted by atomic mass is 19.1. The second kappa shape index (κ2) is 7.27. The Morgan fingerprint density at radius 3 is 2.86 bits per heavy atom. The SMILES string of the molecule is CCCn1ccc(CNC(C)c2cc(F)ccc2OC)c1. The van der Waals surface area contributed by atoms with Gasteiger partial charge in [0.05, 0.1) is 7.11 Å². The highest BCUT2D eigenvalue weighted by molar-refractivity contribution is 5.36. The Kier molecular flexibility index (Phi) is 5.39. The van der Waals surface area contributed by atoms with Crippen molar-refractivity contribution >= 4 is 0 Å². The van der Waals surface area contributed by atoms with Crippen LogP contribution in [0.5, 0.6) is 5.75 Å². The van der Waals surface area contributed by atoms with E-state index in [1.807, 2.05) is 6.92 Å². The van der Waals surface area contributed by atoms with Gasteiger partial charge in [-0.3, -0.25) is 0 Å². The van der Waals surface area contributed by atoms with Crippen molar-refractivity contribution in [2.24, 2.45) is 0 Å². The van der Waals surface area contributed by atoms with Crippen molar-refractivity contribution in [1.82, 2.24) is 9.88 Å². The molecule has 0 aliphatic carbocycles. The molecule has 1 aromatic heterocycles. The summed E-state index contributed by atoms with van der Waals surface area (Å²) in [4.78, 5) is 0. The van der Waals surface area contributed by atoms with Gasteiger partial charge in [-0.25, -0.2) is 4.39 Å². The van der Waals surface area contributed by atoms with Crippen molar-refractivity contribution < 1.29 is 9.13 Å². The highest BCUT2D eigenvalue weighted by Gasteiger charge is 2.12. The number of ether oxygens (including phenoxy) is 1. The topological polar surface area (TPSA) is 26.2 Å². The summed E-state index contributed by atoms with van der Waals surface area (Å²) < 4.78 is 20.9. The molecule has 1 unspecified atom stereocenters. The van der Waals surface area contributed by atoms with Crippen LogP contribution in [0.4, 0.5) is 4.39 Å². The Hall–Kier alpha value is -1.81. The molecule has 2 rings (SSSR count). The summed E-state index contributed by atoms with van der Waals surface area (Å²) in [6.45, 7) is 5.96. The van der Waals surface area contributed by atoms with Gasteiger partial charge in [-0.15, -0.1) is 0 Å². The lowest BCUT2D eigenvalue weighted by atomic mass is 10.1. The number of hydrogen-bond acceptors (Lipinski definition) is 2. The standard InChI is InChI=1S/C17H23FN2O/c1-4-8-20-9-7-14(12-20)11-19-13(2)16-10-15(18)5-6-17(16)21-3/h5-7,9-10,12-13,19H,4,8,11H2,1-3H3. The summed E-state index contributed by atoms with van der Waals surface area (Å²) in [5, 5.41) is 3.41. The number of aromatic nitrogens is 1. The number of benzene rings is 1. The summed E-state index contributed by atoms with van der Waals surface area (Å²) in [6.07, 6.45) is 5.36. The van der Waals surface area contributed by atoms with Crippen molar-refractivity contribution in [1.29, 1.82) is 0 Å². The summed E-state index contributed by atoms with van der Waals surface area (Å²) >= 11 is 0. The smallest absolute Gasteiger partial charge is 0.123 e. The fourth-order valence-electron chi connectivity index (χ4n) is 2.42. The van der Waals surface area contributed by atoms with E-state index in [2.05, 4.69) is 35.3 Å². The fraction of sp³-hybridized carbons (Fsp3) is 0.412. The van der Waals surface area contributed by atoms with E-state index in [0.29, 0.717) is 5.75 Å². The molecule has 0 amide bonds. The monoisotopic (exact) mass is 290 g/mol. The average Bonchev–Trinajstić information content (AvgIpc) is 2.93. The molecule has 0 bridgehead atoms. The number of rotatable bonds is 7. The van der Waals surface area contributed by atoms with Crippen molar-refractivity contribution in [2.45, 2.75) is 39.4 Å². The van der Waals surface area contributed by atoms with E-state index in [4.69, 9.17) is 4.74 Å². The third-order valence-electron chi connectivity index (χ3n) is 3.56. The Morgan fingerprint density at radius 1 is 1.33 bits per heavy atom. The maximum Gasteiger partial charge on any atom is 0.123 e. The van der Waals surface area contributed by atoms with Gasteiger partial charge >= 0.3 is 0 Å². The maximum atomic E-state index is 13.4. The van der Waals surface area contributed by atoms with Gasteiger partial charge in [-0.2, -0.15) is 0 Å². The van der Waals surface area contributed by atoms with Gasteiger partial charge in [0.15, 0.2) is 0 Å². The minimum Gasteiger partial charge on any atom is -0.496 e. The molecule has 4 heteroatoms. The molecular formula is C17H23FN2O. The molecule has 0 aliphatic heterocycles. The zero-order valence-corrected chi connectivity index (χ0v) is 12.9. The lowest BCUT2D eigenvalue weighted by molar-refractivity contribution is 0.399. The lowest BCUT2D eigenvalue weighted by Gasteiger charge is -2.17. The van der Waals surface area contributed by atoms with Crippen LogP contribution in [0.2, 0.25) is 0 Å². The normalized spacial score (nSPS) is 12.4. The highest BCUT2D eigenvalue weighted by Crippen LogP contribution is 2.26. The summed E-state index contributed by atoms with van der Waals surface area (Å²) in [6, 6.07) is 6.74. The van der Waals surface area contributed by atoms with Crippen LogP contribution in [0.3, 0.4) is 0 Å². The quantitative estimate of drug-likeness (QED) is 0.837. The van der Waals surface area contributed by atoms with Crippen molar-refractivity contribution in [3.8, 4) is 5.75 Å².